The molecule has 0 radical (unpaired) electrons. The maximum absolute atomic E-state index is 14.4. The van der Waals surface area contributed by atoms with Gasteiger partial charge < -0.3 is 25.4 Å². The first-order valence-electron chi connectivity index (χ1n) is 14.7. The van der Waals surface area contributed by atoms with E-state index in [2.05, 4.69) is 10.6 Å². The number of carbonyl (C=O) groups is 3. The highest BCUT2D eigenvalue weighted by molar-refractivity contribution is 5.99. The number of amides is 3. The molecule has 8 heteroatoms. The lowest BCUT2D eigenvalue weighted by Gasteiger charge is -2.38. The Balaban J connectivity index is 1.53. The molecule has 2 unspecified atom stereocenters. The van der Waals surface area contributed by atoms with Gasteiger partial charge in [-0.1, -0.05) is 63.4 Å². The molecule has 0 aromatic heterocycles. The monoisotopic (exact) mass is 525 g/mol. The van der Waals surface area contributed by atoms with E-state index in [1.165, 1.54) is 6.42 Å². The average molecular weight is 526 g/mol. The lowest BCUT2D eigenvalue weighted by atomic mass is 9.65. The minimum atomic E-state index is -1.07. The second-order valence-electron chi connectivity index (χ2n) is 11.7. The molecule has 1 aromatic rings. The molecule has 2 bridgehead atoms. The Morgan fingerprint density at radius 1 is 1.11 bits per heavy atom. The number of aliphatic hydroxyl groups is 1. The molecule has 1 spiro atoms. The second-order valence-corrected chi connectivity index (χ2v) is 11.7. The average Bonchev–Trinajstić information content (AvgIpc) is 3.55. The van der Waals surface area contributed by atoms with Crippen molar-refractivity contribution >= 4 is 17.7 Å². The fraction of sp³-hybridized carbons (Fsp3) is 0.700. The van der Waals surface area contributed by atoms with Crippen molar-refractivity contribution in [1.82, 2.24) is 15.5 Å². The highest BCUT2D eigenvalue weighted by Gasteiger charge is 2.79. The smallest absolute Gasteiger partial charge is 0.246 e. The molecule has 3 N–H and O–H groups in total. The van der Waals surface area contributed by atoms with Crippen LogP contribution in [0.15, 0.2) is 30.3 Å². The van der Waals surface area contributed by atoms with Crippen molar-refractivity contribution in [2.45, 2.75) is 107 Å². The van der Waals surface area contributed by atoms with Crippen molar-refractivity contribution in [2.75, 3.05) is 13.2 Å². The number of ether oxygens (including phenoxy) is 1. The molecule has 6 atom stereocenters. The molecular weight excluding hydrogens is 482 g/mol. The Kier molecular flexibility index (Phi) is 7.83. The van der Waals surface area contributed by atoms with Gasteiger partial charge in [-0.25, -0.2) is 0 Å². The number of hydrogen-bond donors (Lipinski definition) is 3. The largest absolute Gasteiger partial charge is 0.394 e. The number of hydrogen-bond acceptors (Lipinski definition) is 5. The van der Waals surface area contributed by atoms with Crippen LogP contribution >= 0.6 is 0 Å². The predicted octanol–water partition coefficient (Wildman–Crippen LogP) is 2.72. The molecule has 3 amide bonds. The molecule has 3 heterocycles. The van der Waals surface area contributed by atoms with Gasteiger partial charge in [-0.3, -0.25) is 14.4 Å². The van der Waals surface area contributed by atoms with Crippen LogP contribution in [-0.2, 0) is 25.5 Å². The van der Waals surface area contributed by atoms with Gasteiger partial charge in [0.1, 0.15) is 11.6 Å². The molecule has 1 aromatic carbocycles. The van der Waals surface area contributed by atoms with E-state index in [9.17, 15) is 19.5 Å². The third-order valence-corrected chi connectivity index (χ3v) is 9.57. The van der Waals surface area contributed by atoms with E-state index in [4.69, 9.17) is 4.74 Å². The number of aliphatic hydroxyl groups excluding tert-OH is 1. The zero-order valence-corrected chi connectivity index (χ0v) is 22.8. The van der Waals surface area contributed by atoms with E-state index in [0.717, 1.165) is 37.7 Å². The Labute approximate surface area is 225 Å². The summed E-state index contributed by atoms with van der Waals surface area (Å²) in [6.45, 7) is 4.26. The van der Waals surface area contributed by atoms with E-state index in [1.807, 2.05) is 44.2 Å². The number of nitrogens with one attached hydrogen (secondary N) is 2. The summed E-state index contributed by atoms with van der Waals surface area (Å²) in [5.41, 5.74) is -0.834. The summed E-state index contributed by atoms with van der Waals surface area (Å²) in [4.78, 5) is 43.7. The molecule has 5 rings (SSSR count). The second kappa shape index (κ2) is 11.0. The maximum Gasteiger partial charge on any atom is 0.246 e. The fourth-order valence-corrected chi connectivity index (χ4v) is 7.77. The number of nitrogens with zero attached hydrogens (tertiary/aromatic N) is 1. The molecule has 4 aliphatic rings. The lowest BCUT2D eigenvalue weighted by molar-refractivity contribution is -0.151. The molecule has 1 aliphatic carbocycles. The Hall–Kier alpha value is -2.45. The summed E-state index contributed by atoms with van der Waals surface area (Å²) in [5.74, 6) is -1.99. The number of fused-ring (bicyclic) bond motifs is 1. The van der Waals surface area contributed by atoms with Crippen LogP contribution < -0.4 is 10.6 Å². The van der Waals surface area contributed by atoms with Crippen molar-refractivity contribution in [3.8, 4) is 0 Å². The van der Waals surface area contributed by atoms with Crippen LogP contribution in [0.2, 0.25) is 0 Å². The topological polar surface area (TPSA) is 108 Å². The van der Waals surface area contributed by atoms with Crippen LogP contribution in [0.1, 0.15) is 77.2 Å². The SMILES string of the molecule is CCCNC(=O)[C@H]1[C@H]2C(=O)N([C@@H](CO)Cc3ccccc3)C(C(=O)NC3CCCCC3)C23CC[C@]1(CC)O3. The molecule has 208 valence electrons. The number of carbonyl (C=O) groups excluding carboxylic acids is 3. The van der Waals surface area contributed by atoms with Gasteiger partial charge >= 0.3 is 0 Å². The highest BCUT2D eigenvalue weighted by atomic mass is 16.5. The molecule has 3 saturated heterocycles. The minimum Gasteiger partial charge on any atom is -0.394 e. The van der Waals surface area contributed by atoms with E-state index in [0.29, 0.717) is 32.2 Å². The van der Waals surface area contributed by atoms with Crippen LogP contribution in [0.3, 0.4) is 0 Å². The minimum absolute atomic E-state index is 0.0766. The summed E-state index contributed by atoms with van der Waals surface area (Å²) in [6.07, 6.45) is 8.20. The van der Waals surface area contributed by atoms with Gasteiger partial charge in [0, 0.05) is 12.6 Å². The first kappa shape index (κ1) is 27.1. The van der Waals surface area contributed by atoms with Crippen molar-refractivity contribution in [3.05, 3.63) is 35.9 Å². The molecule has 38 heavy (non-hydrogen) atoms. The zero-order valence-electron chi connectivity index (χ0n) is 22.8. The fourth-order valence-electron chi connectivity index (χ4n) is 7.77. The number of benzene rings is 1. The van der Waals surface area contributed by atoms with Crippen LogP contribution in [0, 0.1) is 11.8 Å². The summed E-state index contributed by atoms with van der Waals surface area (Å²) < 4.78 is 6.84. The molecule has 4 fully saturated rings. The molecule has 1 saturated carbocycles. The van der Waals surface area contributed by atoms with Crippen LogP contribution in [0.4, 0.5) is 0 Å². The lowest BCUT2D eigenvalue weighted by Crippen LogP contribution is -2.59. The highest BCUT2D eigenvalue weighted by Crippen LogP contribution is 2.64. The Morgan fingerprint density at radius 3 is 2.50 bits per heavy atom. The predicted molar refractivity (Wildman–Crippen MR) is 143 cm³/mol. The molecular formula is C30H43N3O5. The Morgan fingerprint density at radius 2 is 1.84 bits per heavy atom. The maximum atomic E-state index is 14.4. The van der Waals surface area contributed by atoms with E-state index < -0.39 is 35.1 Å². The zero-order chi connectivity index (χ0) is 26.9. The van der Waals surface area contributed by atoms with Crippen molar-refractivity contribution in [1.29, 1.82) is 0 Å². The summed E-state index contributed by atoms with van der Waals surface area (Å²) >= 11 is 0. The van der Waals surface area contributed by atoms with Gasteiger partial charge in [-0.15, -0.1) is 0 Å². The van der Waals surface area contributed by atoms with Crippen molar-refractivity contribution in [2.24, 2.45) is 11.8 Å². The standard InChI is InChI=1S/C30H43N3O5/c1-3-17-31-26(35)23-24-28(37)33(22(19-34)18-20-11-7-5-8-12-20)25(27(36)32-21-13-9-6-10-14-21)30(24)16-15-29(23,4-2)38-30/h5,7-8,11-12,21-25,34H,3-4,6,9-10,13-19H2,1-2H3,(H,31,35)(H,32,36)/t22-,23-,24+,25?,29+,30?/m1/s1. The summed E-state index contributed by atoms with van der Waals surface area (Å²) in [6, 6.07) is 8.33. The van der Waals surface area contributed by atoms with E-state index in [-0.39, 0.29) is 30.4 Å². The summed E-state index contributed by atoms with van der Waals surface area (Å²) in [5, 5.41) is 16.8. The quantitative estimate of drug-likeness (QED) is 0.435. The number of likely N-dealkylation sites (tertiary alicyclic amines) is 1. The van der Waals surface area contributed by atoms with E-state index >= 15 is 0 Å². The third kappa shape index (κ3) is 4.43. The van der Waals surface area contributed by atoms with Gasteiger partial charge in [-0.2, -0.15) is 0 Å². The van der Waals surface area contributed by atoms with Gasteiger partial charge in [-0.05, 0) is 50.5 Å². The van der Waals surface area contributed by atoms with Gasteiger partial charge in [0.2, 0.25) is 17.7 Å². The van der Waals surface area contributed by atoms with Crippen molar-refractivity contribution in [3.63, 3.8) is 0 Å². The van der Waals surface area contributed by atoms with Crippen LogP contribution in [0.5, 0.6) is 0 Å². The number of rotatable bonds is 10. The van der Waals surface area contributed by atoms with E-state index in [1.54, 1.807) is 4.90 Å². The summed E-state index contributed by atoms with van der Waals surface area (Å²) in [7, 11) is 0. The first-order chi connectivity index (χ1) is 18.4. The normalized spacial score (nSPS) is 33.3. The molecule has 3 aliphatic heterocycles. The first-order valence-corrected chi connectivity index (χ1v) is 14.7. The van der Waals surface area contributed by atoms with Gasteiger partial charge in [0.05, 0.1) is 30.1 Å². The van der Waals surface area contributed by atoms with Crippen molar-refractivity contribution < 1.29 is 24.2 Å². The van der Waals surface area contributed by atoms with Gasteiger partial charge in [0.25, 0.3) is 0 Å². The molecule has 8 nitrogen and oxygen atoms in total. The Bertz CT molecular complexity index is 1030. The third-order valence-electron chi connectivity index (χ3n) is 9.57. The van der Waals surface area contributed by atoms with Gasteiger partial charge in [0.15, 0.2) is 0 Å². The van der Waals surface area contributed by atoms with Crippen LogP contribution in [0.25, 0.3) is 0 Å². The van der Waals surface area contributed by atoms with Crippen LogP contribution in [-0.4, -0.2) is 70.2 Å².